The highest BCUT2D eigenvalue weighted by molar-refractivity contribution is 9.13. The molecule has 1 amide bonds. The van der Waals surface area contributed by atoms with Gasteiger partial charge in [-0.3, -0.25) is 4.79 Å². The second kappa shape index (κ2) is 6.32. The first-order chi connectivity index (χ1) is 9.38. The summed E-state index contributed by atoms with van der Waals surface area (Å²) < 4.78 is 27.6. The Hall–Kier alpha value is -0.790. The van der Waals surface area contributed by atoms with Crippen molar-refractivity contribution in [2.75, 3.05) is 0 Å². The van der Waals surface area contributed by atoms with Gasteiger partial charge in [0.15, 0.2) is 11.6 Å². The second-order valence-electron chi connectivity index (χ2n) is 4.10. The fourth-order valence-corrected chi connectivity index (χ4v) is 3.53. The fourth-order valence-electron chi connectivity index (χ4n) is 1.59. The lowest BCUT2D eigenvalue weighted by Crippen LogP contribution is -2.26. The number of hydrogen-bond acceptors (Lipinski definition) is 2. The van der Waals surface area contributed by atoms with Gasteiger partial charge in [0.2, 0.25) is 0 Å². The Labute approximate surface area is 135 Å². The zero-order chi connectivity index (χ0) is 14.9. The average Bonchev–Trinajstić information content (AvgIpc) is 2.73. The van der Waals surface area contributed by atoms with Crippen LogP contribution in [0.1, 0.15) is 28.2 Å². The number of halogens is 4. The molecule has 0 spiro atoms. The summed E-state index contributed by atoms with van der Waals surface area (Å²) in [5.74, 6) is -2.10. The third-order valence-corrected chi connectivity index (χ3v) is 5.92. The lowest BCUT2D eigenvalue weighted by molar-refractivity contribution is 0.0944. The standard InChI is InChI=1S/C13H9Br2F2NOS/c1-6(7-2-3-9(16)10(17)4-7)18-13(19)11-5-8(14)12(15)20-11/h2-6H,1H3,(H,18,19). The molecule has 20 heavy (non-hydrogen) atoms. The number of carbonyl (C=O) groups is 1. The Morgan fingerprint density at radius 1 is 1.25 bits per heavy atom. The summed E-state index contributed by atoms with van der Waals surface area (Å²) in [6, 6.07) is 4.86. The van der Waals surface area contributed by atoms with Crippen molar-refractivity contribution in [3.63, 3.8) is 0 Å². The number of rotatable bonds is 3. The minimum absolute atomic E-state index is 0.265. The van der Waals surface area contributed by atoms with Crippen LogP contribution in [0, 0.1) is 11.6 Å². The minimum Gasteiger partial charge on any atom is -0.345 e. The Kier molecular flexibility index (Phi) is 4.93. The van der Waals surface area contributed by atoms with Gasteiger partial charge in [0.25, 0.3) is 5.91 Å². The van der Waals surface area contributed by atoms with Crippen molar-refractivity contribution in [1.82, 2.24) is 5.32 Å². The van der Waals surface area contributed by atoms with Crippen LogP contribution in [0.25, 0.3) is 0 Å². The van der Waals surface area contributed by atoms with Gasteiger partial charge in [0.05, 0.1) is 14.7 Å². The lowest BCUT2D eigenvalue weighted by atomic mass is 10.1. The number of carbonyl (C=O) groups excluding carboxylic acids is 1. The molecule has 1 heterocycles. The fraction of sp³-hybridized carbons (Fsp3) is 0.154. The highest BCUT2D eigenvalue weighted by atomic mass is 79.9. The van der Waals surface area contributed by atoms with Gasteiger partial charge < -0.3 is 5.32 Å². The summed E-state index contributed by atoms with van der Waals surface area (Å²) >= 11 is 7.91. The second-order valence-corrected chi connectivity index (χ2v) is 7.33. The van der Waals surface area contributed by atoms with Gasteiger partial charge in [-0.1, -0.05) is 6.07 Å². The predicted octanol–water partition coefficient (Wildman–Crippen LogP) is 5.04. The molecule has 0 saturated carbocycles. The zero-order valence-corrected chi connectivity index (χ0v) is 14.2. The molecule has 1 N–H and O–H groups in total. The number of thiophene rings is 1. The molecule has 0 radical (unpaired) electrons. The molecule has 106 valence electrons. The van der Waals surface area contributed by atoms with Gasteiger partial charge >= 0.3 is 0 Å². The van der Waals surface area contributed by atoms with Crippen molar-refractivity contribution in [2.24, 2.45) is 0 Å². The Morgan fingerprint density at radius 3 is 2.50 bits per heavy atom. The number of hydrogen-bond donors (Lipinski definition) is 1. The lowest BCUT2D eigenvalue weighted by Gasteiger charge is -2.13. The van der Waals surface area contributed by atoms with Crippen LogP contribution in [0.5, 0.6) is 0 Å². The zero-order valence-electron chi connectivity index (χ0n) is 10.2. The van der Waals surface area contributed by atoms with Crippen LogP contribution in [0.4, 0.5) is 8.78 Å². The van der Waals surface area contributed by atoms with Crippen LogP contribution in [0.3, 0.4) is 0 Å². The summed E-state index contributed by atoms with van der Waals surface area (Å²) in [6.07, 6.45) is 0. The molecule has 0 aliphatic heterocycles. The first kappa shape index (κ1) is 15.6. The maximum absolute atomic E-state index is 13.2. The molecule has 2 aromatic rings. The van der Waals surface area contributed by atoms with Crippen LogP contribution in [-0.2, 0) is 0 Å². The van der Waals surface area contributed by atoms with Crippen molar-refractivity contribution in [3.05, 3.63) is 54.6 Å². The molecule has 0 bridgehead atoms. The maximum Gasteiger partial charge on any atom is 0.261 e. The van der Waals surface area contributed by atoms with Crippen LogP contribution in [0.2, 0.25) is 0 Å². The number of amides is 1. The number of nitrogens with one attached hydrogen (secondary N) is 1. The molecule has 1 atom stereocenters. The molecule has 0 fully saturated rings. The van der Waals surface area contributed by atoms with Crippen molar-refractivity contribution >= 4 is 49.1 Å². The molecular weight excluding hydrogens is 416 g/mol. The average molecular weight is 425 g/mol. The van der Waals surface area contributed by atoms with E-state index in [9.17, 15) is 13.6 Å². The van der Waals surface area contributed by atoms with Crippen LogP contribution in [-0.4, -0.2) is 5.91 Å². The molecule has 1 aromatic carbocycles. The predicted molar refractivity (Wildman–Crippen MR) is 82.0 cm³/mol. The van der Waals surface area contributed by atoms with Gasteiger partial charge in [-0.2, -0.15) is 0 Å². The molecule has 1 aromatic heterocycles. The monoisotopic (exact) mass is 423 g/mol. The minimum atomic E-state index is -0.926. The van der Waals surface area contributed by atoms with E-state index in [2.05, 4.69) is 37.2 Å². The quantitative estimate of drug-likeness (QED) is 0.734. The Balaban J connectivity index is 2.12. The van der Waals surface area contributed by atoms with Crippen molar-refractivity contribution in [1.29, 1.82) is 0 Å². The van der Waals surface area contributed by atoms with Gasteiger partial charge in [-0.25, -0.2) is 8.78 Å². The third kappa shape index (κ3) is 3.45. The molecule has 2 rings (SSSR count). The third-order valence-electron chi connectivity index (χ3n) is 2.66. The first-order valence-electron chi connectivity index (χ1n) is 5.59. The Morgan fingerprint density at radius 2 is 1.95 bits per heavy atom. The van der Waals surface area contributed by atoms with Gasteiger partial charge in [0, 0.05) is 4.47 Å². The van der Waals surface area contributed by atoms with E-state index in [1.54, 1.807) is 13.0 Å². The summed E-state index contributed by atoms with van der Waals surface area (Å²) in [7, 11) is 0. The van der Waals surface area contributed by atoms with E-state index in [1.807, 2.05) is 0 Å². The maximum atomic E-state index is 13.2. The smallest absolute Gasteiger partial charge is 0.261 e. The first-order valence-corrected chi connectivity index (χ1v) is 7.99. The van der Waals surface area contributed by atoms with Crippen molar-refractivity contribution in [2.45, 2.75) is 13.0 Å². The van der Waals surface area contributed by atoms with Gasteiger partial charge in [-0.15, -0.1) is 11.3 Å². The van der Waals surface area contributed by atoms with Crippen LogP contribution < -0.4 is 5.32 Å². The normalized spacial score (nSPS) is 12.2. The van der Waals surface area contributed by atoms with Gasteiger partial charge in [-0.05, 0) is 62.5 Å². The van der Waals surface area contributed by atoms with Crippen molar-refractivity contribution < 1.29 is 13.6 Å². The van der Waals surface area contributed by atoms with E-state index in [-0.39, 0.29) is 5.91 Å². The summed E-state index contributed by atoms with van der Waals surface area (Å²) in [5, 5.41) is 2.74. The van der Waals surface area contributed by atoms with Crippen LogP contribution in [0.15, 0.2) is 32.5 Å². The molecule has 7 heteroatoms. The van der Waals surface area contributed by atoms with E-state index in [1.165, 1.54) is 17.4 Å². The summed E-state index contributed by atoms with van der Waals surface area (Å²) in [4.78, 5) is 12.6. The molecule has 1 unspecified atom stereocenters. The van der Waals surface area contributed by atoms with Crippen LogP contribution >= 0.6 is 43.2 Å². The van der Waals surface area contributed by atoms with E-state index in [4.69, 9.17) is 0 Å². The number of benzene rings is 1. The molecule has 0 aliphatic carbocycles. The summed E-state index contributed by atoms with van der Waals surface area (Å²) in [6.45, 7) is 1.71. The van der Waals surface area contributed by atoms with Crippen molar-refractivity contribution in [3.8, 4) is 0 Å². The molecule has 0 saturated heterocycles. The highest BCUT2D eigenvalue weighted by Gasteiger charge is 2.16. The highest BCUT2D eigenvalue weighted by Crippen LogP contribution is 2.32. The Bertz CT molecular complexity index is 640. The van der Waals surface area contributed by atoms with E-state index < -0.39 is 17.7 Å². The summed E-state index contributed by atoms with van der Waals surface area (Å²) in [5.41, 5.74) is 0.506. The molecular formula is C13H9Br2F2NOS. The van der Waals surface area contributed by atoms with Gasteiger partial charge in [0.1, 0.15) is 0 Å². The largest absolute Gasteiger partial charge is 0.345 e. The van der Waals surface area contributed by atoms with E-state index in [0.29, 0.717) is 10.4 Å². The molecule has 2 nitrogen and oxygen atoms in total. The topological polar surface area (TPSA) is 29.1 Å². The van der Waals surface area contributed by atoms with E-state index >= 15 is 0 Å². The van der Waals surface area contributed by atoms with E-state index in [0.717, 1.165) is 20.4 Å². The molecule has 0 aliphatic rings. The SMILES string of the molecule is CC(NC(=O)c1cc(Br)c(Br)s1)c1ccc(F)c(F)c1.